The average molecular weight is 416 g/mol. The van der Waals surface area contributed by atoms with Gasteiger partial charge < -0.3 is 9.64 Å². The molecule has 0 saturated carbocycles. The molecule has 28 heavy (non-hydrogen) atoms. The van der Waals surface area contributed by atoms with Crippen LogP contribution in [0.5, 0.6) is 5.75 Å². The van der Waals surface area contributed by atoms with Crippen LogP contribution in [0.3, 0.4) is 0 Å². The van der Waals surface area contributed by atoms with Crippen molar-refractivity contribution in [3.8, 4) is 11.4 Å². The van der Waals surface area contributed by atoms with Gasteiger partial charge in [0.2, 0.25) is 4.77 Å². The van der Waals surface area contributed by atoms with Gasteiger partial charge in [0.25, 0.3) is 0 Å². The minimum Gasteiger partial charge on any atom is -0.497 e. The van der Waals surface area contributed by atoms with Crippen LogP contribution in [-0.4, -0.2) is 52.5 Å². The molecule has 0 N–H and O–H groups in total. The van der Waals surface area contributed by atoms with Crippen molar-refractivity contribution in [1.29, 1.82) is 0 Å². The molecular weight excluding hydrogens is 394 g/mol. The molecule has 2 heterocycles. The molecule has 1 saturated heterocycles. The number of anilines is 1. The lowest BCUT2D eigenvalue weighted by Crippen LogP contribution is -2.47. The topological polar surface area (TPSA) is 38.5 Å². The zero-order valence-corrected chi connectivity index (χ0v) is 17.2. The van der Waals surface area contributed by atoms with Crippen molar-refractivity contribution in [3.05, 3.63) is 64.7 Å². The summed E-state index contributed by atoms with van der Waals surface area (Å²) >= 11 is 11.8. The minimum atomic E-state index is 0.672. The summed E-state index contributed by atoms with van der Waals surface area (Å²) in [6.07, 6.45) is 1.76. The molecule has 0 radical (unpaired) electrons. The van der Waals surface area contributed by atoms with E-state index in [1.54, 1.807) is 13.4 Å². The van der Waals surface area contributed by atoms with E-state index in [1.165, 1.54) is 5.69 Å². The Morgan fingerprint density at radius 2 is 1.79 bits per heavy atom. The molecule has 4 rings (SSSR count). The van der Waals surface area contributed by atoms with E-state index in [9.17, 15) is 0 Å². The van der Waals surface area contributed by atoms with Gasteiger partial charge in [-0.2, -0.15) is 5.10 Å². The van der Waals surface area contributed by atoms with Gasteiger partial charge in [0, 0.05) is 43.0 Å². The van der Waals surface area contributed by atoms with E-state index in [2.05, 4.69) is 21.0 Å². The van der Waals surface area contributed by atoms with Crippen molar-refractivity contribution in [3.63, 3.8) is 0 Å². The van der Waals surface area contributed by atoms with E-state index >= 15 is 0 Å². The maximum atomic E-state index is 6.12. The summed E-state index contributed by atoms with van der Waals surface area (Å²) in [5.41, 5.74) is 2.12. The van der Waals surface area contributed by atoms with Gasteiger partial charge in [-0.25, -0.2) is 4.68 Å². The molecule has 2 aromatic carbocycles. The summed E-state index contributed by atoms with van der Waals surface area (Å²) < 4.78 is 9.74. The Morgan fingerprint density at radius 1 is 1.04 bits per heavy atom. The van der Waals surface area contributed by atoms with E-state index in [0.717, 1.165) is 42.6 Å². The Morgan fingerprint density at radius 3 is 2.54 bits per heavy atom. The maximum Gasteiger partial charge on any atom is 0.203 e. The number of piperazine rings is 1. The predicted molar refractivity (Wildman–Crippen MR) is 114 cm³/mol. The molecule has 3 aromatic rings. The van der Waals surface area contributed by atoms with E-state index in [0.29, 0.717) is 11.4 Å². The summed E-state index contributed by atoms with van der Waals surface area (Å²) in [5, 5.41) is 5.26. The third-order valence-electron chi connectivity index (χ3n) is 4.94. The minimum absolute atomic E-state index is 0.672. The molecule has 8 heteroatoms. The van der Waals surface area contributed by atoms with Crippen LogP contribution in [-0.2, 0) is 6.67 Å². The summed E-state index contributed by atoms with van der Waals surface area (Å²) in [6, 6.07) is 15.8. The van der Waals surface area contributed by atoms with E-state index in [-0.39, 0.29) is 0 Å². The second-order valence-corrected chi connectivity index (χ2v) is 7.51. The fraction of sp³-hybridized carbons (Fsp3) is 0.300. The lowest BCUT2D eigenvalue weighted by atomic mass is 10.2. The number of benzene rings is 2. The van der Waals surface area contributed by atoms with Crippen LogP contribution in [0.1, 0.15) is 0 Å². The Bertz CT molecular complexity index is 1010. The quantitative estimate of drug-likeness (QED) is 0.592. The molecule has 1 aliphatic heterocycles. The Hall–Kier alpha value is -2.35. The number of rotatable bonds is 5. The molecule has 1 fully saturated rings. The van der Waals surface area contributed by atoms with Gasteiger partial charge in [0.1, 0.15) is 12.1 Å². The van der Waals surface area contributed by atoms with Crippen molar-refractivity contribution >= 4 is 29.5 Å². The zero-order valence-electron chi connectivity index (χ0n) is 15.7. The normalized spacial score (nSPS) is 15.0. The van der Waals surface area contributed by atoms with Gasteiger partial charge >= 0.3 is 0 Å². The molecule has 0 atom stereocenters. The molecule has 0 spiro atoms. The highest BCUT2D eigenvalue weighted by molar-refractivity contribution is 7.71. The third-order valence-corrected chi connectivity index (χ3v) is 5.59. The van der Waals surface area contributed by atoms with Crippen LogP contribution in [0, 0.1) is 4.77 Å². The highest BCUT2D eigenvalue weighted by Gasteiger charge is 2.18. The summed E-state index contributed by atoms with van der Waals surface area (Å²) in [4.78, 5) is 4.72. The van der Waals surface area contributed by atoms with Gasteiger partial charge in [0.15, 0.2) is 0 Å². The Labute approximate surface area is 174 Å². The molecule has 0 aliphatic carbocycles. The van der Waals surface area contributed by atoms with Gasteiger partial charge in [-0.3, -0.25) is 9.47 Å². The number of hydrogen-bond acceptors (Lipinski definition) is 5. The summed E-state index contributed by atoms with van der Waals surface area (Å²) in [5.74, 6) is 0.796. The predicted octanol–water partition coefficient (Wildman–Crippen LogP) is 3.84. The fourth-order valence-electron chi connectivity index (χ4n) is 3.38. The van der Waals surface area contributed by atoms with Crippen molar-refractivity contribution in [2.45, 2.75) is 6.67 Å². The SMILES string of the molecule is COc1cccc(-n2cnn(CN3CCN(c4cccc(Cl)c4)CC3)c2=S)c1. The first-order chi connectivity index (χ1) is 13.6. The Balaban J connectivity index is 1.42. The molecule has 146 valence electrons. The van der Waals surface area contributed by atoms with Gasteiger partial charge in [-0.15, -0.1) is 0 Å². The fourth-order valence-corrected chi connectivity index (χ4v) is 3.82. The van der Waals surface area contributed by atoms with Gasteiger partial charge in [0.05, 0.1) is 19.5 Å². The van der Waals surface area contributed by atoms with Crippen molar-refractivity contribution in [2.24, 2.45) is 0 Å². The largest absolute Gasteiger partial charge is 0.497 e. The second kappa shape index (κ2) is 8.34. The highest BCUT2D eigenvalue weighted by Crippen LogP contribution is 2.21. The molecule has 0 unspecified atom stereocenters. The second-order valence-electron chi connectivity index (χ2n) is 6.71. The molecule has 0 bridgehead atoms. The number of methoxy groups -OCH3 is 1. The number of hydrogen-bond donors (Lipinski definition) is 0. The molecular formula is C20H22ClN5OS. The number of halogens is 1. The van der Waals surface area contributed by atoms with Gasteiger partial charge in [-0.1, -0.05) is 23.7 Å². The summed E-state index contributed by atoms with van der Waals surface area (Å²) in [6.45, 7) is 4.47. The lowest BCUT2D eigenvalue weighted by molar-refractivity contribution is 0.194. The maximum absolute atomic E-state index is 6.12. The van der Waals surface area contributed by atoms with Crippen LogP contribution < -0.4 is 9.64 Å². The standard InChI is InChI=1S/C20H22ClN5OS/c1-27-19-7-3-6-18(13-19)25-14-22-26(20(25)28)15-23-8-10-24(11-9-23)17-5-2-4-16(21)12-17/h2-7,12-14H,8-11,15H2,1H3. The van der Waals surface area contributed by atoms with E-state index < -0.39 is 0 Å². The molecule has 1 aromatic heterocycles. The smallest absolute Gasteiger partial charge is 0.203 e. The Kier molecular flexibility index (Phi) is 5.66. The first-order valence-corrected chi connectivity index (χ1v) is 9.94. The van der Waals surface area contributed by atoms with Crippen molar-refractivity contribution in [1.82, 2.24) is 19.2 Å². The third kappa shape index (κ3) is 4.06. The highest BCUT2D eigenvalue weighted by atomic mass is 35.5. The van der Waals surface area contributed by atoms with E-state index in [4.69, 9.17) is 28.6 Å². The summed E-state index contributed by atoms with van der Waals surface area (Å²) in [7, 11) is 1.66. The van der Waals surface area contributed by atoms with Crippen molar-refractivity contribution in [2.75, 3.05) is 38.2 Å². The first kappa shape index (κ1) is 19.0. The van der Waals surface area contributed by atoms with Crippen LogP contribution in [0.25, 0.3) is 5.69 Å². The number of nitrogens with zero attached hydrogens (tertiary/aromatic N) is 5. The first-order valence-electron chi connectivity index (χ1n) is 9.16. The average Bonchev–Trinajstić information content (AvgIpc) is 3.09. The van der Waals surface area contributed by atoms with Gasteiger partial charge in [-0.05, 0) is 42.5 Å². The lowest BCUT2D eigenvalue weighted by Gasteiger charge is -2.35. The van der Waals surface area contributed by atoms with Crippen LogP contribution >= 0.6 is 23.8 Å². The van der Waals surface area contributed by atoms with Crippen LogP contribution in [0.15, 0.2) is 54.9 Å². The molecule has 1 aliphatic rings. The van der Waals surface area contributed by atoms with Crippen LogP contribution in [0.4, 0.5) is 5.69 Å². The van der Waals surface area contributed by atoms with Crippen molar-refractivity contribution < 1.29 is 4.74 Å². The van der Waals surface area contributed by atoms with Crippen LogP contribution in [0.2, 0.25) is 5.02 Å². The number of aromatic nitrogens is 3. The number of ether oxygens (including phenoxy) is 1. The van der Waals surface area contributed by atoms with E-state index in [1.807, 2.05) is 51.7 Å². The molecule has 0 amide bonds. The zero-order chi connectivity index (χ0) is 19.5. The monoisotopic (exact) mass is 415 g/mol. The molecule has 6 nitrogen and oxygen atoms in total.